The van der Waals surface area contributed by atoms with Crippen molar-refractivity contribution in [2.45, 2.75) is 20.4 Å². The van der Waals surface area contributed by atoms with E-state index in [-0.39, 0.29) is 0 Å². The Hall–Kier alpha value is -2.44. The molecule has 0 aliphatic carbocycles. The van der Waals surface area contributed by atoms with Crippen LogP contribution in [0.25, 0.3) is 5.78 Å². The molecule has 0 fully saturated rings. The number of aryl methyl sites for hydroxylation is 2. The van der Waals surface area contributed by atoms with Gasteiger partial charge in [-0.2, -0.15) is 14.6 Å². The van der Waals surface area contributed by atoms with Crippen LogP contribution in [0.5, 0.6) is 0 Å². The summed E-state index contributed by atoms with van der Waals surface area (Å²) in [4.78, 5) is 12.5. The van der Waals surface area contributed by atoms with Gasteiger partial charge in [0.2, 0.25) is 5.89 Å². The average Bonchev–Trinajstić information content (AvgIpc) is 2.94. The lowest BCUT2D eigenvalue weighted by Crippen LogP contribution is -2.07. The molecule has 3 rings (SSSR count). The zero-order valence-electron chi connectivity index (χ0n) is 10.1. The van der Waals surface area contributed by atoms with Gasteiger partial charge in [-0.25, -0.2) is 9.97 Å². The van der Waals surface area contributed by atoms with Crippen LogP contribution in [0, 0.1) is 13.8 Å². The highest BCUT2D eigenvalue weighted by molar-refractivity contribution is 5.44. The van der Waals surface area contributed by atoms with Crippen molar-refractivity contribution < 1.29 is 4.42 Å². The van der Waals surface area contributed by atoms with E-state index in [1.807, 2.05) is 19.9 Å². The van der Waals surface area contributed by atoms with E-state index in [9.17, 15) is 0 Å². The van der Waals surface area contributed by atoms with Crippen molar-refractivity contribution in [2.75, 3.05) is 5.32 Å². The molecule has 0 unspecified atom stereocenters. The molecule has 0 aromatic carbocycles. The third-order valence-electron chi connectivity index (χ3n) is 2.47. The summed E-state index contributed by atoms with van der Waals surface area (Å²) in [5, 5.41) is 7.32. The van der Waals surface area contributed by atoms with Crippen LogP contribution in [0.3, 0.4) is 0 Å². The van der Waals surface area contributed by atoms with Crippen LogP contribution >= 0.6 is 0 Å². The van der Waals surface area contributed by atoms with Gasteiger partial charge in [-0.3, -0.25) is 0 Å². The fourth-order valence-corrected chi connectivity index (χ4v) is 1.71. The van der Waals surface area contributed by atoms with Crippen LogP contribution in [-0.4, -0.2) is 24.6 Å². The van der Waals surface area contributed by atoms with E-state index in [2.05, 4.69) is 25.4 Å². The largest absolute Gasteiger partial charge is 0.444 e. The molecule has 1 N–H and O–H groups in total. The maximum Gasteiger partial charge on any atom is 0.254 e. The van der Waals surface area contributed by atoms with E-state index in [0.29, 0.717) is 18.2 Å². The normalized spacial score (nSPS) is 11.0. The first-order chi connectivity index (χ1) is 8.72. The summed E-state index contributed by atoms with van der Waals surface area (Å²) in [5.41, 5.74) is 0.876. The summed E-state index contributed by atoms with van der Waals surface area (Å²) in [5.74, 6) is 2.81. The van der Waals surface area contributed by atoms with Gasteiger partial charge < -0.3 is 9.73 Å². The summed E-state index contributed by atoms with van der Waals surface area (Å²) in [6, 6.07) is 1.90. The smallest absolute Gasteiger partial charge is 0.254 e. The predicted octanol–water partition coefficient (Wildman–Crippen LogP) is 1.34. The molecule has 18 heavy (non-hydrogen) atoms. The van der Waals surface area contributed by atoms with E-state index < -0.39 is 0 Å². The van der Waals surface area contributed by atoms with Crippen molar-refractivity contribution in [1.29, 1.82) is 0 Å². The minimum Gasteiger partial charge on any atom is -0.444 e. The number of nitrogens with zero attached hydrogens (tertiary/aromatic N) is 5. The lowest BCUT2D eigenvalue weighted by Gasteiger charge is -2.06. The second-order valence-corrected chi connectivity index (χ2v) is 3.97. The summed E-state index contributed by atoms with van der Waals surface area (Å²) >= 11 is 0. The molecule has 92 valence electrons. The Morgan fingerprint density at radius 1 is 1.33 bits per heavy atom. The Labute approximate surface area is 103 Å². The zero-order chi connectivity index (χ0) is 12.5. The van der Waals surface area contributed by atoms with Gasteiger partial charge in [0.05, 0.1) is 12.7 Å². The van der Waals surface area contributed by atoms with Crippen LogP contribution in [0.15, 0.2) is 23.0 Å². The standard InChI is InChI=1S/C11H12N6O/c1-7-3-9(17-11(16-7)14-6-15-17)12-5-10-13-4-8(2)18-10/h3-4,6,12H,5H2,1-2H3. The van der Waals surface area contributed by atoms with Crippen LogP contribution < -0.4 is 5.32 Å². The number of hydrogen-bond donors (Lipinski definition) is 1. The topological polar surface area (TPSA) is 81.1 Å². The number of fused-ring (bicyclic) bond motifs is 1. The van der Waals surface area contributed by atoms with Crippen molar-refractivity contribution in [3.05, 3.63) is 35.9 Å². The Balaban J connectivity index is 1.87. The van der Waals surface area contributed by atoms with Gasteiger partial charge in [0.25, 0.3) is 5.78 Å². The van der Waals surface area contributed by atoms with Crippen LogP contribution in [0.4, 0.5) is 5.82 Å². The van der Waals surface area contributed by atoms with E-state index in [0.717, 1.165) is 17.3 Å². The number of aromatic nitrogens is 5. The highest BCUT2D eigenvalue weighted by Crippen LogP contribution is 2.11. The van der Waals surface area contributed by atoms with Gasteiger partial charge in [-0.15, -0.1) is 0 Å². The fourth-order valence-electron chi connectivity index (χ4n) is 1.71. The molecule has 0 radical (unpaired) electrons. The second kappa shape index (κ2) is 4.10. The van der Waals surface area contributed by atoms with Crippen molar-refractivity contribution in [1.82, 2.24) is 24.6 Å². The van der Waals surface area contributed by atoms with Crippen LogP contribution in [0.1, 0.15) is 17.3 Å². The quantitative estimate of drug-likeness (QED) is 0.748. The monoisotopic (exact) mass is 244 g/mol. The van der Waals surface area contributed by atoms with Gasteiger partial charge in [0, 0.05) is 11.8 Å². The molecule has 0 saturated heterocycles. The van der Waals surface area contributed by atoms with Crippen molar-refractivity contribution in [3.8, 4) is 0 Å². The molecule has 0 aliphatic rings. The number of nitrogens with one attached hydrogen (secondary N) is 1. The molecule has 0 spiro atoms. The molecule has 7 heteroatoms. The lowest BCUT2D eigenvalue weighted by atomic mass is 10.4. The number of oxazole rings is 1. The van der Waals surface area contributed by atoms with Gasteiger partial charge in [0.15, 0.2) is 0 Å². The maximum absolute atomic E-state index is 5.39. The minimum atomic E-state index is 0.492. The summed E-state index contributed by atoms with van der Waals surface area (Å²) in [6.07, 6.45) is 3.17. The summed E-state index contributed by atoms with van der Waals surface area (Å²) < 4.78 is 7.04. The third kappa shape index (κ3) is 1.90. The third-order valence-corrected chi connectivity index (χ3v) is 2.47. The number of rotatable bonds is 3. The number of hydrogen-bond acceptors (Lipinski definition) is 6. The average molecular weight is 244 g/mol. The van der Waals surface area contributed by atoms with Crippen molar-refractivity contribution >= 4 is 11.6 Å². The van der Waals surface area contributed by atoms with E-state index in [1.165, 1.54) is 6.33 Å². The molecule has 0 aliphatic heterocycles. The van der Waals surface area contributed by atoms with Crippen molar-refractivity contribution in [2.24, 2.45) is 0 Å². The maximum atomic E-state index is 5.39. The molecule has 3 heterocycles. The predicted molar refractivity (Wildman–Crippen MR) is 64.1 cm³/mol. The van der Waals surface area contributed by atoms with Gasteiger partial charge >= 0.3 is 0 Å². The lowest BCUT2D eigenvalue weighted by molar-refractivity contribution is 0.478. The highest BCUT2D eigenvalue weighted by atomic mass is 16.4. The Morgan fingerprint density at radius 3 is 3.00 bits per heavy atom. The van der Waals surface area contributed by atoms with Crippen LogP contribution in [0.2, 0.25) is 0 Å². The molecular weight excluding hydrogens is 232 g/mol. The van der Waals surface area contributed by atoms with E-state index in [4.69, 9.17) is 4.42 Å². The highest BCUT2D eigenvalue weighted by Gasteiger charge is 2.06. The first-order valence-corrected chi connectivity index (χ1v) is 5.55. The Bertz CT molecular complexity index is 686. The van der Waals surface area contributed by atoms with E-state index >= 15 is 0 Å². The first kappa shape index (κ1) is 10.7. The molecule has 0 saturated carbocycles. The molecule has 3 aromatic heterocycles. The second-order valence-electron chi connectivity index (χ2n) is 3.97. The van der Waals surface area contributed by atoms with Crippen LogP contribution in [-0.2, 0) is 6.54 Å². The van der Waals surface area contributed by atoms with Crippen molar-refractivity contribution in [3.63, 3.8) is 0 Å². The summed E-state index contributed by atoms with van der Waals surface area (Å²) in [6.45, 7) is 4.27. The summed E-state index contributed by atoms with van der Waals surface area (Å²) in [7, 11) is 0. The van der Waals surface area contributed by atoms with Gasteiger partial charge in [-0.05, 0) is 13.8 Å². The molecule has 7 nitrogen and oxygen atoms in total. The molecule has 3 aromatic rings. The molecular formula is C11H12N6O. The SMILES string of the molecule is Cc1cc(NCc2ncc(C)o2)n2ncnc2n1. The van der Waals surface area contributed by atoms with Gasteiger partial charge in [0.1, 0.15) is 17.9 Å². The molecule has 0 atom stereocenters. The minimum absolute atomic E-state index is 0.492. The Kier molecular flexibility index (Phi) is 2.44. The first-order valence-electron chi connectivity index (χ1n) is 5.55. The molecule has 0 amide bonds. The fraction of sp³-hybridized carbons (Fsp3) is 0.273. The molecule has 0 bridgehead atoms. The Morgan fingerprint density at radius 2 is 2.22 bits per heavy atom. The number of anilines is 1. The zero-order valence-corrected chi connectivity index (χ0v) is 10.1. The van der Waals surface area contributed by atoms with Gasteiger partial charge in [-0.1, -0.05) is 0 Å². The van der Waals surface area contributed by atoms with E-state index in [1.54, 1.807) is 10.7 Å².